The lowest BCUT2D eigenvalue weighted by Crippen LogP contribution is -2.15. The second-order valence-corrected chi connectivity index (χ2v) is 8.55. The molecule has 3 heterocycles. The van der Waals surface area contributed by atoms with Crippen LogP contribution in [0.4, 0.5) is 27.9 Å². The molecule has 3 aromatic rings. The van der Waals surface area contributed by atoms with Crippen LogP contribution in [-0.2, 0) is 15.7 Å². The number of esters is 1. The van der Waals surface area contributed by atoms with Gasteiger partial charge in [0, 0.05) is 41.3 Å². The number of nitrogens with zero attached hydrogens (tertiary/aromatic N) is 6. The summed E-state index contributed by atoms with van der Waals surface area (Å²) in [7, 11) is 0. The zero-order valence-electron chi connectivity index (χ0n) is 19.7. The van der Waals surface area contributed by atoms with Gasteiger partial charge in [-0.1, -0.05) is 0 Å². The van der Waals surface area contributed by atoms with Crippen molar-refractivity contribution in [2.24, 2.45) is 0 Å². The highest BCUT2D eigenvalue weighted by Gasteiger charge is 2.35. The molecule has 14 heteroatoms. The highest BCUT2D eigenvalue weighted by atomic mass is 19.4. The quantitative estimate of drug-likeness (QED) is 0.245. The van der Waals surface area contributed by atoms with E-state index < -0.39 is 36.9 Å². The maximum atomic E-state index is 13.4. The van der Waals surface area contributed by atoms with Crippen molar-refractivity contribution in [3.05, 3.63) is 47.8 Å². The Labute approximate surface area is 207 Å². The van der Waals surface area contributed by atoms with Gasteiger partial charge in [-0.15, -0.1) is 5.10 Å². The number of nitrogens with one attached hydrogen (secondary N) is 1. The third-order valence-corrected chi connectivity index (χ3v) is 5.10. The van der Waals surface area contributed by atoms with Gasteiger partial charge in [-0.2, -0.15) is 13.2 Å². The van der Waals surface area contributed by atoms with Crippen LogP contribution in [0.1, 0.15) is 49.6 Å². The van der Waals surface area contributed by atoms with Crippen LogP contribution in [0.2, 0.25) is 0 Å². The number of hydrogen-bond acceptors (Lipinski definition) is 8. The molecule has 1 fully saturated rings. The van der Waals surface area contributed by atoms with E-state index >= 15 is 0 Å². The molecule has 1 aliphatic carbocycles. The van der Waals surface area contributed by atoms with E-state index in [1.807, 2.05) is 0 Å². The summed E-state index contributed by atoms with van der Waals surface area (Å²) in [5.41, 5.74) is -0.395. The van der Waals surface area contributed by atoms with Crippen LogP contribution < -0.4 is 5.32 Å². The Bertz CT molecular complexity index is 1290. The number of anilines is 1. The average Bonchev–Trinajstić information content (AvgIpc) is 3.58. The molecule has 0 saturated heterocycles. The number of carbonyl (C=O) groups excluding carboxylic acids is 1. The zero-order valence-corrected chi connectivity index (χ0v) is 19.7. The minimum atomic E-state index is -4.63. The number of carbonyl (C=O) groups is 1. The second kappa shape index (κ2) is 10.6. The van der Waals surface area contributed by atoms with Crippen LogP contribution in [0.25, 0.3) is 23.2 Å². The molecular formula is C23H22F5N7O2. The maximum absolute atomic E-state index is 13.4. The molecule has 3 aromatic heterocycles. The molecule has 0 unspecified atom stereocenters. The number of rotatable bonds is 9. The van der Waals surface area contributed by atoms with Gasteiger partial charge in [0.2, 0.25) is 5.95 Å². The van der Waals surface area contributed by atoms with Crippen molar-refractivity contribution in [3.63, 3.8) is 0 Å². The number of alkyl halides is 5. The van der Waals surface area contributed by atoms with Gasteiger partial charge in [0.05, 0.1) is 18.2 Å². The Morgan fingerprint density at radius 1 is 1.19 bits per heavy atom. The SMILES string of the molecule is CC(C)OC(=O)/C(=C/n1cnc(-c2cc(C3CC3)nc(C(F)(F)F)c2)n1)c1cnc(NCC(F)F)nc1. The van der Waals surface area contributed by atoms with Crippen LogP contribution in [0.3, 0.4) is 0 Å². The monoisotopic (exact) mass is 523 g/mol. The molecule has 0 aromatic carbocycles. The Hall–Kier alpha value is -3.97. The van der Waals surface area contributed by atoms with Crippen LogP contribution >= 0.6 is 0 Å². The molecule has 0 radical (unpaired) electrons. The van der Waals surface area contributed by atoms with Gasteiger partial charge in [0.1, 0.15) is 12.0 Å². The van der Waals surface area contributed by atoms with Crippen molar-refractivity contribution in [1.82, 2.24) is 29.7 Å². The van der Waals surface area contributed by atoms with E-state index in [1.54, 1.807) is 13.8 Å². The summed E-state index contributed by atoms with van der Waals surface area (Å²) in [5, 5.41) is 6.56. The number of pyridine rings is 1. The Morgan fingerprint density at radius 2 is 1.89 bits per heavy atom. The first kappa shape index (κ1) is 26.1. The predicted octanol–water partition coefficient (Wildman–Crippen LogP) is 4.65. The van der Waals surface area contributed by atoms with Crippen LogP contribution in [0.15, 0.2) is 30.9 Å². The van der Waals surface area contributed by atoms with Crippen molar-refractivity contribution in [2.45, 2.75) is 51.3 Å². The fourth-order valence-corrected chi connectivity index (χ4v) is 3.27. The molecule has 1 aliphatic rings. The first-order chi connectivity index (χ1) is 17.5. The van der Waals surface area contributed by atoms with E-state index in [-0.39, 0.29) is 34.4 Å². The maximum Gasteiger partial charge on any atom is 0.433 e. The van der Waals surface area contributed by atoms with Crippen molar-refractivity contribution in [1.29, 1.82) is 0 Å². The highest BCUT2D eigenvalue weighted by molar-refractivity contribution is 6.20. The van der Waals surface area contributed by atoms with E-state index in [9.17, 15) is 26.7 Å². The fraction of sp³-hybridized carbons (Fsp3) is 0.391. The van der Waals surface area contributed by atoms with Crippen LogP contribution in [-0.4, -0.2) is 54.8 Å². The Morgan fingerprint density at radius 3 is 2.49 bits per heavy atom. The third kappa shape index (κ3) is 6.83. The second-order valence-electron chi connectivity index (χ2n) is 8.55. The number of halogens is 5. The van der Waals surface area contributed by atoms with Gasteiger partial charge in [0.25, 0.3) is 6.43 Å². The van der Waals surface area contributed by atoms with E-state index in [2.05, 4.69) is 30.4 Å². The van der Waals surface area contributed by atoms with Gasteiger partial charge in [-0.25, -0.2) is 38.2 Å². The molecule has 0 aliphatic heterocycles. The Balaban J connectivity index is 1.66. The molecule has 1 saturated carbocycles. The van der Waals surface area contributed by atoms with Crippen molar-refractivity contribution >= 4 is 23.7 Å². The lowest BCUT2D eigenvalue weighted by molar-refractivity contribution is -0.141. The van der Waals surface area contributed by atoms with Gasteiger partial charge in [0.15, 0.2) is 5.82 Å². The van der Waals surface area contributed by atoms with E-state index in [0.29, 0.717) is 5.69 Å². The van der Waals surface area contributed by atoms with Crippen LogP contribution in [0, 0.1) is 0 Å². The summed E-state index contributed by atoms with van der Waals surface area (Å²) in [4.78, 5) is 28.5. The topological polar surface area (TPSA) is 108 Å². The number of hydrogen-bond donors (Lipinski definition) is 1. The van der Waals surface area contributed by atoms with Gasteiger partial charge < -0.3 is 10.1 Å². The third-order valence-electron chi connectivity index (χ3n) is 5.10. The summed E-state index contributed by atoms with van der Waals surface area (Å²) in [6.07, 6.45) is -1.20. The molecule has 1 N–H and O–H groups in total. The first-order valence-corrected chi connectivity index (χ1v) is 11.3. The van der Waals surface area contributed by atoms with E-state index in [1.165, 1.54) is 31.0 Å². The highest BCUT2D eigenvalue weighted by Crippen LogP contribution is 2.41. The summed E-state index contributed by atoms with van der Waals surface area (Å²) in [6, 6.07) is 2.41. The molecular weight excluding hydrogens is 501 g/mol. The van der Waals surface area contributed by atoms with Crippen molar-refractivity contribution in [3.8, 4) is 11.4 Å². The summed E-state index contributed by atoms with van der Waals surface area (Å²) >= 11 is 0. The van der Waals surface area contributed by atoms with Gasteiger partial charge >= 0.3 is 12.1 Å². The van der Waals surface area contributed by atoms with Gasteiger partial charge in [-0.3, -0.25) is 0 Å². The molecule has 37 heavy (non-hydrogen) atoms. The number of ether oxygens (including phenoxy) is 1. The lowest BCUT2D eigenvalue weighted by atomic mass is 10.1. The Kier molecular flexibility index (Phi) is 7.45. The molecule has 4 rings (SSSR count). The van der Waals surface area contributed by atoms with E-state index in [4.69, 9.17) is 4.74 Å². The smallest absolute Gasteiger partial charge is 0.433 e. The molecule has 0 amide bonds. The standard InChI is InChI=1S/C23H22F5N7O2/c1-12(2)37-21(36)16(15-7-29-22(30-8-15)31-9-19(24)25)10-35-11-32-20(34-35)14-5-17(13-3-4-13)33-18(6-14)23(26,27)28/h5-8,10-13,19H,3-4,9H2,1-2H3,(H,29,30,31)/b16-10+. The predicted molar refractivity (Wildman–Crippen MR) is 122 cm³/mol. The number of aromatic nitrogens is 6. The minimum absolute atomic E-state index is 0.00502. The fourth-order valence-electron chi connectivity index (χ4n) is 3.27. The van der Waals surface area contributed by atoms with E-state index in [0.717, 1.165) is 23.6 Å². The van der Waals surface area contributed by atoms with Crippen LogP contribution in [0.5, 0.6) is 0 Å². The molecule has 196 valence electrons. The molecule has 0 bridgehead atoms. The van der Waals surface area contributed by atoms with Crippen molar-refractivity contribution in [2.75, 3.05) is 11.9 Å². The zero-order chi connectivity index (χ0) is 26.7. The normalized spacial score (nSPS) is 14.4. The van der Waals surface area contributed by atoms with Gasteiger partial charge in [-0.05, 0) is 38.8 Å². The lowest BCUT2D eigenvalue weighted by Gasteiger charge is -2.11. The molecule has 0 atom stereocenters. The molecule has 0 spiro atoms. The summed E-state index contributed by atoms with van der Waals surface area (Å²) in [6.45, 7) is 2.65. The first-order valence-electron chi connectivity index (χ1n) is 11.3. The average molecular weight is 523 g/mol. The van der Waals surface area contributed by atoms with Crippen molar-refractivity contribution < 1.29 is 31.5 Å². The molecule has 9 nitrogen and oxygen atoms in total. The summed E-state index contributed by atoms with van der Waals surface area (Å²) < 4.78 is 71.4. The minimum Gasteiger partial charge on any atom is -0.459 e. The summed E-state index contributed by atoms with van der Waals surface area (Å²) in [5.74, 6) is -0.833. The largest absolute Gasteiger partial charge is 0.459 e.